The van der Waals surface area contributed by atoms with Gasteiger partial charge in [-0.25, -0.2) is 0 Å². The summed E-state index contributed by atoms with van der Waals surface area (Å²) >= 11 is 0. The third-order valence-corrected chi connectivity index (χ3v) is 3.08. The number of aromatic carboxylic acids is 1. The fraction of sp³-hybridized carbons (Fsp3) is 0.158. The van der Waals surface area contributed by atoms with Crippen LogP contribution in [0.25, 0.3) is 6.08 Å². The quantitative estimate of drug-likeness (QED) is 0.608. The Kier molecular flexibility index (Phi) is 5.31. The summed E-state index contributed by atoms with van der Waals surface area (Å²) in [7, 11) is 0. The van der Waals surface area contributed by atoms with Crippen LogP contribution in [0.1, 0.15) is 40.1 Å². The summed E-state index contributed by atoms with van der Waals surface area (Å²) in [5.41, 5.74) is 1.40. The SMILES string of the molecule is CC(C)Oc1ccc(C(=O)/C=C/c2ccc(C(=O)[O-])cc2)cc1. The van der Waals surface area contributed by atoms with E-state index in [4.69, 9.17) is 4.74 Å². The van der Waals surface area contributed by atoms with Crippen molar-refractivity contribution < 1.29 is 19.4 Å². The van der Waals surface area contributed by atoms with E-state index in [-0.39, 0.29) is 17.5 Å². The molecular formula is C19H17O4-. The highest BCUT2D eigenvalue weighted by molar-refractivity contribution is 6.06. The number of ketones is 1. The lowest BCUT2D eigenvalue weighted by Gasteiger charge is -2.09. The number of carboxylic acid groups (broad SMARTS) is 1. The number of rotatable bonds is 6. The van der Waals surface area contributed by atoms with Crippen LogP contribution < -0.4 is 9.84 Å². The second kappa shape index (κ2) is 7.40. The number of carbonyl (C=O) groups excluding carboxylic acids is 2. The van der Waals surface area contributed by atoms with Crippen LogP contribution in [0.15, 0.2) is 54.6 Å². The van der Waals surface area contributed by atoms with Gasteiger partial charge in [0.15, 0.2) is 5.78 Å². The molecule has 0 unspecified atom stereocenters. The summed E-state index contributed by atoms with van der Waals surface area (Å²) in [5, 5.41) is 10.7. The minimum Gasteiger partial charge on any atom is -0.545 e. The molecule has 23 heavy (non-hydrogen) atoms. The van der Waals surface area contributed by atoms with E-state index in [0.29, 0.717) is 5.56 Å². The molecule has 0 aromatic heterocycles. The van der Waals surface area contributed by atoms with Gasteiger partial charge in [0.2, 0.25) is 0 Å². The fourth-order valence-electron chi connectivity index (χ4n) is 1.97. The lowest BCUT2D eigenvalue weighted by atomic mass is 10.1. The second-order valence-corrected chi connectivity index (χ2v) is 5.30. The summed E-state index contributed by atoms with van der Waals surface area (Å²) in [4.78, 5) is 22.8. The molecule has 0 radical (unpaired) electrons. The van der Waals surface area contributed by atoms with Crippen LogP contribution in [0.5, 0.6) is 5.75 Å². The van der Waals surface area contributed by atoms with Crippen molar-refractivity contribution in [2.24, 2.45) is 0 Å². The minimum absolute atomic E-state index is 0.0837. The van der Waals surface area contributed by atoms with E-state index in [2.05, 4.69) is 0 Å². The summed E-state index contributed by atoms with van der Waals surface area (Å²) in [5.74, 6) is -0.635. The lowest BCUT2D eigenvalue weighted by Crippen LogP contribution is -2.21. The van der Waals surface area contributed by atoms with E-state index in [0.717, 1.165) is 11.3 Å². The topological polar surface area (TPSA) is 66.4 Å². The normalized spacial score (nSPS) is 10.9. The van der Waals surface area contributed by atoms with Crippen molar-refractivity contribution in [3.63, 3.8) is 0 Å². The zero-order valence-corrected chi connectivity index (χ0v) is 13.0. The third-order valence-electron chi connectivity index (χ3n) is 3.08. The van der Waals surface area contributed by atoms with Gasteiger partial charge in [-0.15, -0.1) is 0 Å². The Morgan fingerprint density at radius 3 is 2.04 bits per heavy atom. The summed E-state index contributed by atoms with van der Waals surface area (Å²) in [6, 6.07) is 13.1. The predicted octanol–water partition coefficient (Wildman–Crippen LogP) is 2.73. The average molecular weight is 309 g/mol. The molecule has 0 heterocycles. The number of hydrogen-bond donors (Lipinski definition) is 0. The maximum absolute atomic E-state index is 12.1. The van der Waals surface area contributed by atoms with Crippen molar-refractivity contribution in [2.75, 3.05) is 0 Å². The number of carboxylic acids is 1. The van der Waals surface area contributed by atoms with E-state index in [1.807, 2.05) is 13.8 Å². The van der Waals surface area contributed by atoms with Gasteiger partial charge in [-0.05, 0) is 55.3 Å². The molecule has 0 saturated heterocycles. The Balaban J connectivity index is 2.04. The Hall–Kier alpha value is -2.88. The van der Waals surface area contributed by atoms with Gasteiger partial charge in [0.1, 0.15) is 5.75 Å². The van der Waals surface area contributed by atoms with Gasteiger partial charge < -0.3 is 14.6 Å². The van der Waals surface area contributed by atoms with Gasteiger partial charge in [0.25, 0.3) is 0 Å². The third kappa shape index (κ3) is 4.81. The molecule has 0 atom stereocenters. The van der Waals surface area contributed by atoms with Gasteiger partial charge in [-0.3, -0.25) is 4.79 Å². The maximum atomic E-state index is 12.1. The van der Waals surface area contributed by atoms with E-state index in [1.54, 1.807) is 42.5 Å². The maximum Gasteiger partial charge on any atom is 0.185 e. The van der Waals surface area contributed by atoms with Gasteiger partial charge in [0, 0.05) is 5.56 Å². The first-order valence-electron chi connectivity index (χ1n) is 7.26. The van der Waals surface area contributed by atoms with Crippen LogP contribution >= 0.6 is 0 Å². The first-order valence-corrected chi connectivity index (χ1v) is 7.26. The van der Waals surface area contributed by atoms with Crippen LogP contribution in [0.4, 0.5) is 0 Å². The molecular weight excluding hydrogens is 292 g/mol. The molecule has 118 valence electrons. The molecule has 2 aromatic rings. The molecule has 0 fully saturated rings. The molecule has 0 aliphatic heterocycles. The van der Waals surface area contributed by atoms with Crippen molar-refractivity contribution in [3.8, 4) is 5.75 Å². The molecule has 0 N–H and O–H groups in total. The molecule has 4 nitrogen and oxygen atoms in total. The monoisotopic (exact) mass is 309 g/mol. The minimum atomic E-state index is -1.22. The van der Waals surface area contributed by atoms with Crippen LogP contribution in [0, 0.1) is 0 Å². The van der Waals surface area contributed by atoms with E-state index >= 15 is 0 Å². The van der Waals surface area contributed by atoms with Crippen LogP contribution in [0.2, 0.25) is 0 Å². The first-order chi connectivity index (χ1) is 11.0. The zero-order chi connectivity index (χ0) is 16.8. The molecule has 0 spiro atoms. The Bertz CT molecular complexity index is 710. The Morgan fingerprint density at radius 1 is 0.957 bits per heavy atom. The molecule has 0 saturated carbocycles. The summed E-state index contributed by atoms with van der Waals surface area (Å²) in [6.45, 7) is 3.88. The average Bonchev–Trinajstić information content (AvgIpc) is 2.53. The molecule has 2 aromatic carbocycles. The molecule has 2 rings (SSSR count). The lowest BCUT2D eigenvalue weighted by molar-refractivity contribution is -0.255. The zero-order valence-electron chi connectivity index (χ0n) is 13.0. The highest BCUT2D eigenvalue weighted by Crippen LogP contribution is 2.15. The van der Waals surface area contributed by atoms with Crippen molar-refractivity contribution in [2.45, 2.75) is 20.0 Å². The smallest absolute Gasteiger partial charge is 0.185 e. The van der Waals surface area contributed by atoms with Gasteiger partial charge in [-0.2, -0.15) is 0 Å². The molecule has 0 aliphatic rings. The number of allylic oxidation sites excluding steroid dienone is 1. The van der Waals surface area contributed by atoms with Crippen LogP contribution in [-0.4, -0.2) is 17.9 Å². The number of carbonyl (C=O) groups is 2. The molecule has 0 bridgehead atoms. The van der Waals surface area contributed by atoms with Crippen LogP contribution in [0.3, 0.4) is 0 Å². The molecule has 4 heteroatoms. The highest BCUT2D eigenvalue weighted by atomic mass is 16.5. The van der Waals surface area contributed by atoms with Gasteiger partial charge in [-0.1, -0.05) is 30.3 Å². The van der Waals surface area contributed by atoms with E-state index < -0.39 is 5.97 Å². The van der Waals surface area contributed by atoms with Crippen molar-refractivity contribution in [1.82, 2.24) is 0 Å². The molecule has 0 aliphatic carbocycles. The standard InChI is InChI=1S/C19H18O4/c1-13(2)23-17-10-8-15(9-11-17)18(20)12-5-14-3-6-16(7-4-14)19(21)22/h3-13H,1-2H3,(H,21,22)/p-1/b12-5+. The Labute approximate surface area is 135 Å². The number of ether oxygens (including phenoxy) is 1. The number of hydrogen-bond acceptors (Lipinski definition) is 4. The predicted molar refractivity (Wildman–Crippen MR) is 86.3 cm³/mol. The van der Waals surface area contributed by atoms with Gasteiger partial charge in [0.05, 0.1) is 12.1 Å². The van der Waals surface area contributed by atoms with Crippen LogP contribution in [-0.2, 0) is 0 Å². The second-order valence-electron chi connectivity index (χ2n) is 5.30. The van der Waals surface area contributed by atoms with E-state index in [9.17, 15) is 14.7 Å². The van der Waals surface area contributed by atoms with Gasteiger partial charge >= 0.3 is 0 Å². The summed E-state index contributed by atoms with van der Waals surface area (Å²) < 4.78 is 5.53. The van der Waals surface area contributed by atoms with Crippen molar-refractivity contribution in [3.05, 3.63) is 71.3 Å². The Morgan fingerprint density at radius 2 is 1.52 bits per heavy atom. The highest BCUT2D eigenvalue weighted by Gasteiger charge is 2.03. The fourth-order valence-corrected chi connectivity index (χ4v) is 1.97. The summed E-state index contributed by atoms with van der Waals surface area (Å²) in [6.07, 6.45) is 3.17. The number of benzene rings is 2. The van der Waals surface area contributed by atoms with E-state index in [1.165, 1.54) is 18.2 Å². The van der Waals surface area contributed by atoms with Crippen molar-refractivity contribution in [1.29, 1.82) is 0 Å². The largest absolute Gasteiger partial charge is 0.545 e. The molecule has 0 amide bonds. The first kappa shape index (κ1) is 16.5. The van der Waals surface area contributed by atoms with Crippen molar-refractivity contribution >= 4 is 17.8 Å².